The molecule has 0 aromatic carbocycles. The Morgan fingerprint density at radius 2 is 2.06 bits per heavy atom. The Balaban J connectivity index is 1.96. The maximum absolute atomic E-state index is 12.5. The molecule has 1 unspecified atom stereocenters. The number of hydrogen-bond acceptors (Lipinski definition) is 1. The third-order valence-corrected chi connectivity index (χ3v) is 5.18. The van der Waals surface area contributed by atoms with Crippen LogP contribution in [-0.2, 0) is 4.79 Å². The van der Waals surface area contributed by atoms with Gasteiger partial charge in [-0.15, -0.1) is 0 Å². The van der Waals surface area contributed by atoms with Gasteiger partial charge in [-0.1, -0.05) is 42.1 Å². The predicted molar refractivity (Wildman–Crippen MR) is 69.7 cm³/mol. The molecule has 1 atom stereocenters. The minimum absolute atomic E-state index is 0.0422. The van der Waals surface area contributed by atoms with Crippen LogP contribution in [0.25, 0.3) is 0 Å². The summed E-state index contributed by atoms with van der Waals surface area (Å²) in [6.07, 6.45) is 7.15. The van der Waals surface area contributed by atoms with E-state index in [1.54, 1.807) is 0 Å². The summed E-state index contributed by atoms with van der Waals surface area (Å²) in [5.41, 5.74) is -0.0422. The highest BCUT2D eigenvalue weighted by Gasteiger charge is 2.39. The standard InChI is InChI=1S/C13H22BrNO/c1-13(6-3-2-4-7-13)12(16)15-8-5-11(9-14)10-15/h11H,2-10H2,1H3. The van der Waals surface area contributed by atoms with E-state index in [0.29, 0.717) is 11.8 Å². The van der Waals surface area contributed by atoms with Gasteiger partial charge in [-0.25, -0.2) is 0 Å². The third kappa shape index (κ3) is 2.44. The fourth-order valence-corrected chi connectivity index (χ4v) is 3.60. The molecule has 1 saturated carbocycles. The summed E-state index contributed by atoms with van der Waals surface area (Å²) in [6, 6.07) is 0. The van der Waals surface area contributed by atoms with E-state index in [0.717, 1.165) is 31.3 Å². The van der Waals surface area contributed by atoms with Gasteiger partial charge in [0.2, 0.25) is 5.91 Å². The number of alkyl halides is 1. The molecule has 2 fully saturated rings. The van der Waals surface area contributed by atoms with Gasteiger partial charge < -0.3 is 4.90 Å². The molecule has 2 rings (SSSR count). The average Bonchev–Trinajstić information content (AvgIpc) is 2.77. The second kappa shape index (κ2) is 5.07. The minimum atomic E-state index is -0.0422. The van der Waals surface area contributed by atoms with E-state index >= 15 is 0 Å². The number of halogens is 1. The van der Waals surface area contributed by atoms with Crippen LogP contribution in [0.1, 0.15) is 45.4 Å². The Kier molecular flexibility index (Phi) is 3.93. The Morgan fingerprint density at radius 3 is 2.62 bits per heavy atom. The normalized spacial score (nSPS) is 29.4. The molecule has 0 N–H and O–H groups in total. The Labute approximate surface area is 107 Å². The van der Waals surface area contributed by atoms with Crippen molar-refractivity contribution < 1.29 is 4.79 Å². The van der Waals surface area contributed by atoms with Crippen LogP contribution in [0.5, 0.6) is 0 Å². The number of likely N-dealkylation sites (tertiary alicyclic amines) is 1. The molecule has 1 aliphatic carbocycles. The summed E-state index contributed by atoms with van der Waals surface area (Å²) in [7, 11) is 0. The van der Waals surface area contributed by atoms with E-state index in [1.165, 1.54) is 25.7 Å². The summed E-state index contributed by atoms with van der Waals surface area (Å²) in [6.45, 7) is 4.13. The third-order valence-electron chi connectivity index (χ3n) is 4.26. The van der Waals surface area contributed by atoms with E-state index in [4.69, 9.17) is 0 Å². The Morgan fingerprint density at radius 1 is 1.38 bits per heavy atom. The summed E-state index contributed by atoms with van der Waals surface area (Å²) in [4.78, 5) is 14.6. The number of rotatable bonds is 2. The highest BCUT2D eigenvalue weighted by atomic mass is 79.9. The molecule has 3 heteroatoms. The number of nitrogens with zero attached hydrogens (tertiary/aromatic N) is 1. The van der Waals surface area contributed by atoms with Crippen LogP contribution in [0, 0.1) is 11.3 Å². The lowest BCUT2D eigenvalue weighted by atomic mass is 9.74. The maximum atomic E-state index is 12.5. The largest absolute Gasteiger partial charge is 0.342 e. The van der Waals surface area contributed by atoms with Crippen LogP contribution in [0.3, 0.4) is 0 Å². The second-order valence-corrected chi connectivity index (χ2v) is 6.33. The van der Waals surface area contributed by atoms with Crippen molar-refractivity contribution in [2.45, 2.75) is 45.4 Å². The number of carbonyl (C=O) groups excluding carboxylic acids is 1. The van der Waals surface area contributed by atoms with Crippen molar-refractivity contribution in [3.05, 3.63) is 0 Å². The fraction of sp³-hybridized carbons (Fsp3) is 0.923. The molecule has 0 spiro atoms. The molecule has 1 amide bonds. The lowest BCUT2D eigenvalue weighted by Crippen LogP contribution is -2.42. The van der Waals surface area contributed by atoms with Crippen LogP contribution in [0.4, 0.5) is 0 Å². The topological polar surface area (TPSA) is 20.3 Å². The molecule has 92 valence electrons. The SMILES string of the molecule is CC1(C(=O)N2CCC(CBr)C2)CCCCC1. The van der Waals surface area contributed by atoms with Crippen molar-refractivity contribution >= 4 is 21.8 Å². The zero-order valence-electron chi connectivity index (χ0n) is 10.2. The van der Waals surface area contributed by atoms with Crippen LogP contribution in [0.2, 0.25) is 0 Å². The van der Waals surface area contributed by atoms with Crippen LogP contribution in [0.15, 0.2) is 0 Å². The second-order valence-electron chi connectivity index (χ2n) is 5.68. The van der Waals surface area contributed by atoms with Crippen molar-refractivity contribution in [1.82, 2.24) is 4.90 Å². The van der Waals surface area contributed by atoms with Crippen molar-refractivity contribution in [3.8, 4) is 0 Å². The molecule has 2 nitrogen and oxygen atoms in total. The van der Waals surface area contributed by atoms with Gasteiger partial charge in [0.25, 0.3) is 0 Å². The van der Waals surface area contributed by atoms with Crippen LogP contribution >= 0.6 is 15.9 Å². The molecule has 0 aromatic heterocycles. The number of amides is 1. The summed E-state index contributed by atoms with van der Waals surface area (Å²) in [5, 5.41) is 1.04. The zero-order chi connectivity index (χ0) is 11.6. The predicted octanol–water partition coefficient (Wildman–Crippen LogP) is 3.20. The number of hydrogen-bond donors (Lipinski definition) is 0. The van der Waals surface area contributed by atoms with Gasteiger partial charge in [0, 0.05) is 23.8 Å². The zero-order valence-corrected chi connectivity index (χ0v) is 11.8. The van der Waals surface area contributed by atoms with Crippen LogP contribution < -0.4 is 0 Å². The summed E-state index contributed by atoms with van der Waals surface area (Å²) < 4.78 is 0. The van der Waals surface area contributed by atoms with Gasteiger partial charge in [0.05, 0.1) is 0 Å². The molecule has 0 aromatic rings. The molecule has 0 radical (unpaired) electrons. The van der Waals surface area contributed by atoms with E-state index < -0.39 is 0 Å². The van der Waals surface area contributed by atoms with E-state index in [-0.39, 0.29) is 5.41 Å². The van der Waals surface area contributed by atoms with E-state index in [1.807, 2.05) is 0 Å². The molecular formula is C13H22BrNO. The molecule has 1 heterocycles. The molecule has 1 aliphatic heterocycles. The highest BCUT2D eigenvalue weighted by molar-refractivity contribution is 9.09. The summed E-state index contributed by atoms with van der Waals surface area (Å²) in [5.74, 6) is 1.10. The van der Waals surface area contributed by atoms with Crippen molar-refractivity contribution in [1.29, 1.82) is 0 Å². The van der Waals surface area contributed by atoms with Gasteiger partial charge >= 0.3 is 0 Å². The van der Waals surface area contributed by atoms with E-state index in [2.05, 4.69) is 27.8 Å². The first kappa shape index (κ1) is 12.4. The highest BCUT2D eigenvalue weighted by Crippen LogP contribution is 2.38. The van der Waals surface area contributed by atoms with Gasteiger partial charge in [0.1, 0.15) is 0 Å². The van der Waals surface area contributed by atoms with Gasteiger partial charge in [-0.2, -0.15) is 0 Å². The minimum Gasteiger partial charge on any atom is -0.342 e. The molecular weight excluding hydrogens is 266 g/mol. The lowest BCUT2D eigenvalue weighted by Gasteiger charge is -2.35. The smallest absolute Gasteiger partial charge is 0.228 e. The average molecular weight is 288 g/mol. The Hall–Kier alpha value is -0.0500. The maximum Gasteiger partial charge on any atom is 0.228 e. The molecule has 16 heavy (non-hydrogen) atoms. The quantitative estimate of drug-likeness (QED) is 0.715. The van der Waals surface area contributed by atoms with Crippen molar-refractivity contribution in [2.75, 3.05) is 18.4 Å². The van der Waals surface area contributed by atoms with Gasteiger partial charge in [0.15, 0.2) is 0 Å². The first-order chi connectivity index (χ1) is 7.65. The van der Waals surface area contributed by atoms with Gasteiger partial charge in [-0.3, -0.25) is 4.79 Å². The van der Waals surface area contributed by atoms with Crippen LogP contribution in [-0.4, -0.2) is 29.2 Å². The monoisotopic (exact) mass is 287 g/mol. The van der Waals surface area contributed by atoms with E-state index in [9.17, 15) is 4.79 Å². The lowest BCUT2D eigenvalue weighted by molar-refractivity contribution is -0.142. The Bertz CT molecular complexity index is 261. The molecule has 0 bridgehead atoms. The fourth-order valence-electron chi connectivity index (χ4n) is 3.07. The summed E-state index contributed by atoms with van der Waals surface area (Å²) >= 11 is 3.52. The van der Waals surface area contributed by atoms with Crippen molar-refractivity contribution in [3.63, 3.8) is 0 Å². The first-order valence-electron chi connectivity index (χ1n) is 6.51. The number of carbonyl (C=O) groups is 1. The molecule has 2 aliphatic rings. The van der Waals surface area contributed by atoms with Gasteiger partial charge in [-0.05, 0) is 25.2 Å². The van der Waals surface area contributed by atoms with Crippen molar-refractivity contribution in [2.24, 2.45) is 11.3 Å². The molecule has 1 saturated heterocycles. The first-order valence-corrected chi connectivity index (χ1v) is 7.63.